The van der Waals surface area contributed by atoms with Crippen molar-refractivity contribution in [2.24, 2.45) is 17.8 Å². The second-order valence-corrected chi connectivity index (χ2v) is 11.8. The molecule has 1 saturated carbocycles. The SMILES string of the molecule is CNC[C@@H](CC(=O)N1CCC[C@@H]([C@@](O)(CCCCOC)c2cc(C)cc(C)c2)C1)CC1CCCCC1. The van der Waals surface area contributed by atoms with Crippen molar-refractivity contribution in [1.29, 1.82) is 0 Å². The van der Waals surface area contributed by atoms with Crippen LogP contribution in [0.2, 0.25) is 0 Å². The number of nitrogens with one attached hydrogen (secondary N) is 1. The first-order valence-electron chi connectivity index (χ1n) is 14.6. The molecular formula is C31H52N2O3. The van der Waals surface area contributed by atoms with Crippen molar-refractivity contribution in [3.05, 3.63) is 34.9 Å². The molecule has 0 aromatic heterocycles. The molecule has 1 aromatic rings. The van der Waals surface area contributed by atoms with Crippen LogP contribution in [0.5, 0.6) is 0 Å². The van der Waals surface area contributed by atoms with Gasteiger partial charge in [0, 0.05) is 39.1 Å². The summed E-state index contributed by atoms with van der Waals surface area (Å²) in [5, 5.41) is 15.6. The Morgan fingerprint density at radius 2 is 1.83 bits per heavy atom. The Morgan fingerprint density at radius 1 is 1.11 bits per heavy atom. The van der Waals surface area contributed by atoms with Crippen LogP contribution in [0.25, 0.3) is 0 Å². The van der Waals surface area contributed by atoms with Crippen molar-refractivity contribution in [1.82, 2.24) is 10.2 Å². The number of unbranched alkanes of at least 4 members (excludes halogenated alkanes) is 1. The summed E-state index contributed by atoms with van der Waals surface area (Å²) in [7, 11) is 3.74. The van der Waals surface area contributed by atoms with E-state index in [0.717, 1.165) is 56.7 Å². The van der Waals surface area contributed by atoms with Gasteiger partial charge in [0.15, 0.2) is 0 Å². The van der Waals surface area contributed by atoms with E-state index in [1.54, 1.807) is 7.11 Å². The monoisotopic (exact) mass is 500 g/mol. The first-order valence-corrected chi connectivity index (χ1v) is 14.6. The predicted molar refractivity (Wildman–Crippen MR) is 148 cm³/mol. The van der Waals surface area contributed by atoms with Crippen molar-refractivity contribution in [2.45, 2.75) is 96.5 Å². The maximum Gasteiger partial charge on any atom is 0.222 e. The number of ether oxygens (including phenoxy) is 1. The van der Waals surface area contributed by atoms with Crippen molar-refractivity contribution < 1.29 is 14.6 Å². The van der Waals surface area contributed by atoms with Gasteiger partial charge in [-0.05, 0) is 83.4 Å². The van der Waals surface area contributed by atoms with Crippen LogP contribution in [-0.4, -0.2) is 56.3 Å². The highest BCUT2D eigenvalue weighted by Crippen LogP contribution is 2.41. The lowest BCUT2D eigenvalue weighted by molar-refractivity contribution is -0.138. The Labute approximate surface area is 220 Å². The second kappa shape index (κ2) is 14.5. The Morgan fingerprint density at radius 3 is 2.50 bits per heavy atom. The van der Waals surface area contributed by atoms with Crippen LogP contribution in [0, 0.1) is 31.6 Å². The molecule has 204 valence electrons. The summed E-state index contributed by atoms with van der Waals surface area (Å²) in [5.41, 5.74) is 2.46. The molecule has 5 nitrogen and oxygen atoms in total. The zero-order valence-corrected chi connectivity index (χ0v) is 23.5. The summed E-state index contributed by atoms with van der Waals surface area (Å²) < 4.78 is 5.27. The maximum atomic E-state index is 13.5. The van der Waals surface area contributed by atoms with Crippen LogP contribution < -0.4 is 5.32 Å². The number of hydrogen-bond donors (Lipinski definition) is 2. The predicted octanol–water partition coefficient (Wildman–Crippen LogP) is 5.74. The van der Waals surface area contributed by atoms with Crippen LogP contribution in [0.4, 0.5) is 0 Å². The van der Waals surface area contributed by atoms with E-state index in [2.05, 4.69) is 42.3 Å². The number of piperidine rings is 1. The van der Waals surface area contributed by atoms with Gasteiger partial charge in [-0.1, -0.05) is 61.4 Å². The number of aryl methyl sites for hydroxylation is 2. The minimum Gasteiger partial charge on any atom is -0.385 e. The number of nitrogens with zero attached hydrogens (tertiary/aromatic N) is 1. The number of benzene rings is 1. The van der Waals surface area contributed by atoms with E-state index in [9.17, 15) is 9.90 Å². The average molecular weight is 501 g/mol. The molecule has 2 aliphatic rings. The Hall–Kier alpha value is -1.43. The van der Waals surface area contributed by atoms with E-state index in [0.29, 0.717) is 31.9 Å². The minimum atomic E-state index is -0.921. The van der Waals surface area contributed by atoms with Crippen LogP contribution in [-0.2, 0) is 15.1 Å². The van der Waals surface area contributed by atoms with Crippen LogP contribution in [0.3, 0.4) is 0 Å². The van der Waals surface area contributed by atoms with E-state index < -0.39 is 5.60 Å². The second-order valence-electron chi connectivity index (χ2n) is 11.8. The Kier molecular flexibility index (Phi) is 11.7. The van der Waals surface area contributed by atoms with Gasteiger partial charge in [0.2, 0.25) is 5.91 Å². The fourth-order valence-corrected chi connectivity index (χ4v) is 6.84. The van der Waals surface area contributed by atoms with Gasteiger partial charge in [-0.15, -0.1) is 0 Å². The van der Waals surface area contributed by atoms with Gasteiger partial charge in [0.05, 0.1) is 5.60 Å². The highest BCUT2D eigenvalue weighted by Gasteiger charge is 2.41. The van der Waals surface area contributed by atoms with Gasteiger partial charge < -0.3 is 20.1 Å². The molecule has 0 unspecified atom stereocenters. The highest BCUT2D eigenvalue weighted by molar-refractivity contribution is 5.76. The molecule has 0 bridgehead atoms. The fraction of sp³-hybridized carbons (Fsp3) is 0.774. The third kappa shape index (κ3) is 8.29. The molecule has 1 heterocycles. The number of hydrogen-bond acceptors (Lipinski definition) is 4. The van der Waals surface area contributed by atoms with Gasteiger partial charge in [-0.25, -0.2) is 0 Å². The van der Waals surface area contributed by atoms with Crippen LogP contribution >= 0.6 is 0 Å². The van der Waals surface area contributed by atoms with Crippen molar-refractivity contribution in [2.75, 3.05) is 40.4 Å². The molecule has 5 heteroatoms. The van der Waals surface area contributed by atoms with Crippen molar-refractivity contribution >= 4 is 5.91 Å². The smallest absolute Gasteiger partial charge is 0.222 e. The summed E-state index contributed by atoms with van der Waals surface area (Å²) >= 11 is 0. The number of carbonyl (C=O) groups excluding carboxylic acids is 1. The third-order valence-electron chi connectivity index (χ3n) is 8.67. The average Bonchev–Trinajstić information content (AvgIpc) is 2.87. The molecule has 3 rings (SSSR count). The topological polar surface area (TPSA) is 61.8 Å². The van der Waals surface area contributed by atoms with Crippen molar-refractivity contribution in [3.8, 4) is 0 Å². The zero-order valence-electron chi connectivity index (χ0n) is 23.5. The van der Waals surface area contributed by atoms with E-state index in [-0.39, 0.29) is 11.8 Å². The maximum absolute atomic E-state index is 13.5. The number of rotatable bonds is 13. The molecule has 3 atom stereocenters. The molecule has 1 saturated heterocycles. The lowest BCUT2D eigenvalue weighted by atomic mass is 9.73. The summed E-state index contributed by atoms with van der Waals surface area (Å²) in [6.07, 6.45) is 13.0. The summed E-state index contributed by atoms with van der Waals surface area (Å²) in [6.45, 7) is 7.30. The van der Waals surface area contributed by atoms with E-state index in [4.69, 9.17) is 4.74 Å². The molecule has 1 aliphatic carbocycles. The number of amides is 1. The first kappa shape index (κ1) is 29.1. The van der Waals surface area contributed by atoms with Gasteiger partial charge in [0.25, 0.3) is 0 Å². The van der Waals surface area contributed by atoms with E-state index >= 15 is 0 Å². The van der Waals surface area contributed by atoms with Crippen molar-refractivity contribution in [3.63, 3.8) is 0 Å². The van der Waals surface area contributed by atoms with E-state index in [1.807, 2.05) is 7.05 Å². The fourth-order valence-electron chi connectivity index (χ4n) is 6.84. The summed E-state index contributed by atoms with van der Waals surface area (Å²) in [4.78, 5) is 15.6. The summed E-state index contributed by atoms with van der Waals surface area (Å²) in [5.74, 6) is 1.51. The quantitative estimate of drug-likeness (QED) is 0.339. The lowest BCUT2D eigenvalue weighted by Crippen LogP contribution is -2.48. The number of methoxy groups -OCH3 is 1. The number of aliphatic hydroxyl groups is 1. The zero-order chi connectivity index (χ0) is 26.0. The van der Waals surface area contributed by atoms with Gasteiger partial charge in [0.1, 0.15) is 0 Å². The van der Waals surface area contributed by atoms with E-state index in [1.165, 1.54) is 43.2 Å². The van der Waals surface area contributed by atoms with Crippen LogP contribution in [0.15, 0.2) is 18.2 Å². The molecule has 2 N–H and O–H groups in total. The summed E-state index contributed by atoms with van der Waals surface area (Å²) in [6, 6.07) is 6.47. The standard InChI is InChI=1S/C31H52N2O3/c1-24-17-25(2)19-29(18-24)31(35,14-8-9-16-36-4)28-13-10-15-33(23-28)30(34)21-27(22-32-3)20-26-11-6-5-7-12-26/h17-19,26-28,32,35H,5-16,20-23H2,1-4H3/t27-,28-,31+/m1/s1. The van der Waals surface area contributed by atoms with Gasteiger partial charge in [-0.3, -0.25) is 4.79 Å². The van der Waals surface area contributed by atoms with Gasteiger partial charge in [-0.2, -0.15) is 0 Å². The molecule has 1 amide bonds. The minimum absolute atomic E-state index is 0.0556. The molecule has 1 aromatic carbocycles. The Bertz CT molecular complexity index is 787. The molecule has 36 heavy (non-hydrogen) atoms. The van der Waals surface area contributed by atoms with Gasteiger partial charge >= 0.3 is 0 Å². The first-order chi connectivity index (χ1) is 17.4. The number of likely N-dealkylation sites (tertiary alicyclic amines) is 1. The van der Waals surface area contributed by atoms with Crippen LogP contribution in [0.1, 0.15) is 93.7 Å². The largest absolute Gasteiger partial charge is 0.385 e. The third-order valence-corrected chi connectivity index (χ3v) is 8.67. The molecule has 2 fully saturated rings. The molecule has 1 aliphatic heterocycles. The highest BCUT2D eigenvalue weighted by atomic mass is 16.5. The molecule has 0 radical (unpaired) electrons. The molecule has 0 spiro atoms. The number of carbonyl (C=O) groups is 1. The molecular weight excluding hydrogens is 448 g/mol. The lowest BCUT2D eigenvalue weighted by Gasteiger charge is -2.43. The Balaban J connectivity index is 1.71. The normalized spacial score (nSPS) is 21.8.